The minimum atomic E-state index is -4.54. The fourth-order valence-corrected chi connectivity index (χ4v) is 2.25. The summed E-state index contributed by atoms with van der Waals surface area (Å²) in [6.07, 6.45) is -3.16. The lowest BCUT2D eigenvalue weighted by Gasteiger charge is -2.36. The molecule has 112 valence electrons. The molecule has 3 N–H and O–H groups in total. The summed E-state index contributed by atoms with van der Waals surface area (Å²) in [7, 11) is 0. The van der Waals surface area contributed by atoms with Crippen molar-refractivity contribution in [1.29, 1.82) is 0 Å². The van der Waals surface area contributed by atoms with Gasteiger partial charge in [0, 0.05) is 18.7 Å². The van der Waals surface area contributed by atoms with Crippen LogP contribution in [-0.4, -0.2) is 28.2 Å². The third-order valence-electron chi connectivity index (χ3n) is 3.08. The van der Waals surface area contributed by atoms with Gasteiger partial charge < -0.3 is 15.8 Å². The van der Waals surface area contributed by atoms with Gasteiger partial charge in [0.25, 0.3) is 0 Å². The molecule has 8 heteroatoms. The minimum absolute atomic E-state index is 0.00543. The van der Waals surface area contributed by atoms with Crippen molar-refractivity contribution in [1.82, 2.24) is 9.97 Å². The van der Waals surface area contributed by atoms with E-state index in [1.165, 1.54) is 0 Å². The molecule has 0 aromatic carbocycles. The summed E-state index contributed by atoms with van der Waals surface area (Å²) in [5, 5.41) is 2.98. The normalized spacial score (nSPS) is 22.6. The monoisotopic (exact) mass is 290 g/mol. The van der Waals surface area contributed by atoms with Crippen molar-refractivity contribution in [2.45, 2.75) is 44.5 Å². The number of anilines is 2. The van der Waals surface area contributed by atoms with Crippen LogP contribution in [0.2, 0.25) is 0 Å². The molecule has 1 aromatic rings. The first-order chi connectivity index (χ1) is 9.16. The fraction of sp³-hybridized carbons (Fsp3) is 0.667. The van der Waals surface area contributed by atoms with Crippen LogP contribution in [0, 0.1) is 0 Å². The maximum absolute atomic E-state index is 12.7. The molecular formula is C12H17F3N4O. The van der Waals surface area contributed by atoms with Gasteiger partial charge in [-0.25, -0.2) is 4.98 Å². The number of halogens is 3. The summed E-state index contributed by atoms with van der Waals surface area (Å²) >= 11 is 0. The van der Waals surface area contributed by atoms with Gasteiger partial charge >= 0.3 is 6.18 Å². The van der Waals surface area contributed by atoms with Gasteiger partial charge in [0.2, 0.25) is 5.95 Å². The lowest BCUT2D eigenvalue weighted by Crippen LogP contribution is -2.40. The molecule has 2 rings (SSSR count). The van der Waals surface area contributed by atoms with E-state index in [-0.39, 0.29) is 17.5 Å². The smallest absolute Gasteiger partial charge is 0.375 e. The number of hydrogen-bond donors (Lipinski definition) is 2. The van der Waals surface area contributed by atoms with Crippen LogP contribution >= 0.6 is 0 Å². The second kappa shape index (κ2) is 5.08. The second-order valence-corrected chi connectivity index (χ2v) is 5.44. The first-order valence-electron chi connectivity index (χ1n) is 6.28. The van der Waals surface area contributed by atoms with Gasteiger partial charge in [-0.2, -0.15) is 18.2 Å². The molecule has 1 unspecified atom stereocenters. The Kier molecular flexibility index (Phi) is 3.77. The zero-order valence-corrected chi connectivity index (χ0v) is 11.3. The molecule has 0 bridgehead atoms. The molecule has 0 saturated carbocycles. The molecule has 5 nitrogen and oxygen atoms in total. The Labute approximate surface area is 114 Å². The quantitative estimate of drug-likeness (QED) is 0.875. The number of nitrogen functional groups attached to an aromatic ring is 1. The van der Waals surface area contributed by atoms with Gasteiger partial charge in [0.15, 0.2) is 5.69 Å². The molecule has 0 radical (unpaired) electrons. The standard InChI is InChI=1S/C12H17F3N4O/c1-11(2)6-7(3-4-20-11)17-9-5-8(12(13,14)15)18-10(16)19-9/h5,7H,3-4,6H2,1-2H3,(H3,16,17,18,19). The van der Waals surface area contributed by atoms with Gasteiger partial charge in [-0.1, -0.05) is 0 Å². The largest absolute Gasteiger partial charge is 0.433 e. The van der Waals surface area contributed by atoms with E-state index in [9.17, 15) is 13.2 Å². The first kappa shape index (κ1) is 14.8. The third kappa shape index (κ3) is 3.72. The van der Waals surface area contributed by atoms with Crippen molar-refractivity contribution in [2.75, 3.05) is 17.7 Å². The lowest BCUT2D eigenvalue weighted by molar-refractivity contribution is -0.141. The summed E-state index contributed by atoms with van der Waals surface area (Å²) in [5.41, 5.74) is 3.98. The molecule has 20 heavy (non-hydrogen) atoms. The molecule has 1 aromatic heterocycles. The number of ether oxygens (including phenoxy) is 1. The van der Waals surface area contributed by atoms with E-state index in [1.54, 1.807) is 0 Å². The molecule has 2 heterocycles. The topological polar surface area (TPSA) is 73.1 Å². The van der Waals surface area contributed by atoms with E-state index in [1.807, 2.05) is 13.8 Å². The Morgan fingerprint density at radius 2 is 2.10 bits per heavy atom. The number of alkyl halides is 3. The van der Waals surface area contributed by atoms with Crippen molar-refractivity contribution >= 4 is 11.8 Å². The zero-order valence-electron chi connectivity index (χ0n) is 11.3. The van der Waals surface area contributed by atoms with E-state index in [4.69, 9.17) is 10.5 Å². The Balaban J connectivity index is 2.15. The summed E-state index contributed by atoms with van der Waals surface area (Å²) < 4.78 is 43.5. The van der Waals surface area contributed by atoms with Gasteiger partial charge in [-0.05, 0) is 26.7 Å². The third-order valence-corrected chi connectivity index (χ3v) is 3.08. The Bertz CT molecular complexity index is 490. The van der Waals surface area contributed by atoms with Crippen LogP contribution in [0.15, 0.2) is 6.07 Å². The second-order valence-electron chi connectivity index (χ2n) is 5.44. The molecule has 1 saturated heterocycles. The van der Waals surface area contributed by atoms with Crippen LogP contribution in [0.3, 0.4) is 0 Å². The molecule has 1 aliphatic rings. The summed E-state index contributed by atoms with van der Waals surface area (Å²) in [6.45, 7) is 4.43. The van der Waals surface area contributed by atoms with Gasteiger partial charge in [-0.15, -0.1) is 0 Å². The summed E-state index contributed by atoms with van der Waals surface area (Å²) in [4.78, 5) is 7.01. The maximum atomic E-state index is 12.7. The maximum Gasteiger partial charge on any atom is 0.433 e. The van der Waals surface area contributed by atoms with Crippen LogP contribution in [0.25, 0.3) is 0 Å². The summed E-state index contributed by atoms with van der Waals surface area (Å²) in [6, 6.07) is 0.868. The van der Waals surface area contributed by atoms with Crippen molar-refractivity contribution in [2.24, 2.45) is 0 Å². The van der Waals surface area contributed by atoms with Crippen molar-refractivity contribution in [3.05, 3.63) is 11.8 Å². The highest BCUT2D eigenvalue weighted by molar-refractivity contribution is 5.42. The highest BCUT2D eigenvalue weighted by Gasteiger charge is 2.34. The predicted molar refractivity (Wildman–Crippen MR) is 68.1 cm³/mol. The number of aromatic nitrogens is 2. The van der Waals surface area contributed by atoms with Crippen molar-refractivity contribution in [3.63, 3.8) is 0 Å². The fourth-order valence-electron chi connectivity index (χ4n) is 2.25. The molecule has 1 fully saturated rings. The molecule has 1 aliphatic heterocycles. The zero-order chi connectivity index (χ0) is 15.0. The molecule has 0 aliphatic carbocycles. The Morgan fingerprint density at radius 1 is 1.40 bits per heavy atom. The molecule has 0 amide bonds. The molecule has 0 spiro atoms. The van der Waals surface area contributed by atoms with Gasteiger partial charge in [-0.3, -0.25) is 0 Å². The van der Waals surface area contributed by atoms with Crippen LogP contribution in [0.1, 0.15) is 32.4 Å². The molecular weight excluding hydrogens is 273 g/mol. The summed E-state index contributed by atoms with van der Waals surface area (Å²) in [5.74, 6) is -0.304. The highest BCUT2D eigenvalue weighted by Crippen LogP contribution is 2.30. The van der Waals surface area contributed by atoms with Crippen LogP contribution in [-0.2, 0) is 10.9 Å². The van der Waals surface area contributed by atoms with E-state index < -0.39 is 17.8 Å². The number of rotatable bonds is 2. The van der Waals surface area contributed by atoms with Gasteiger partial charge in [0.05, 0.1) is 5.60 Å². The van der Waals surface area contributed by atoms with Crippen LogP contribution in [0.5, 0.6) is 0 Å². The number of hydrogen-bond acceptors (Lipinski definition) is 5. The van der Waals surface area contributed by atoms with E-state index in [0.29, 0.717) is 19.4 Å². The number of nitrogens with two attached hydrogens (primary N) is 1. The Morgan fingerprint density at radius 3 is 2.70 bits per heavy atom. The minimum Gasteiger partial charge on any atom is -0.375 e. The van der Waals surface area contributed by atoms with Crippen molar-refractivity contribution in [3.8, 4) is 0 Å². The van der Waals surface area contributed by atoms with Crippen LogP contribution in [0.4, 0.5) is 24.9 Å². The SMILES string of the molecule is CC1(C)CC(Nc2cc(C(F)(F)F)nc(N)n2)CCO1. The number of nitrogens with one attached hydrogen (secondary N) is 1. The highest BCUT2D eigenvalue weighted by atomic mass is 19.4. The predicted octanol–water partition coefficient (Wildman–Crippen LogP) is 2.45. The average molecular weight is 290 g/mol. The average Bonchev–Trinajstić information content (AvgIpc) is 2.25. The Hall–Kier alpha value is -1.57. The van der Waals surface area contributed by atoms with E-state index in [0.717, 1.165) is 6.07 Å². The lowest BCUT2D eigenvalue weighted by atomic mass is 9.94. The van der Waals surface area contributed by atoms with E-state index in [2.05, 4.69) is 15.3 Å². The van der Waals surface area contributed by atoms with Crippen molar-refractivity contribution < 1.29 is 17.9 Å². The van der Waals surface area contributed by atoms with Gasteiger partial charge in [0.1, 0.15) is 5.82 Å². The molecule has 1 atom stereocenters. The number of nitrogens with zero attached hydrogens (tertiary/aromatic N) is 2. The van der Waals surface area contributed by atoms with E-state index >= 15 is 0 Å². The van der Waals surface area contributed by atoms with Crippen LogP contribution < -0.4 is 11.1 Å². The first-order valence-corrected chi connectivity index (χ1v) is 6.28.